The van der Waals surface area contributed by atoms with Crippen LogP contribution in [0.15, 0.2) is 30.3 Å². The predicted molar refractivity (Wildman–Crippen MR) is 119 cm³/mol. The van der Waals surface area contributed by atoms with E-state index in [-0.39, 0.29) is 17.9 Å². The van der Waals surface area contributed by atoms with E-state index >= 15 is 0 Å². The van der Waals surface area contributed by atoms with Crippen molar-refractivity contribution < 1.29 is 18.3 Å². The van der Waals surface area contributed by atoms with E-state index in [0.717, 1.165) is 18.4 Å². The number of likely N-dealkylation sites (tertiary alicyclic amines) is 1. The maximum Gasteiger partial charge on any atom is 0.266 e. The highest BCUT2D eigenvalue weighted by atomic mass is 19.3. The molecule has 3 heterocycles. The van der Waals surface area contributed by atoms with Gasteiger partial charge in [0.05, 0.1) is 5.69 Å². The summed E-state index contributed by atoms with van der Waals surface area (Å²) >= 11 is 0. The molecule has 2 aromatic rings. The van der Waals surface area contributed by atoms with Crippen LogP contribution >= 0.6 is 0 Å². The SMILES string of the molecule is Cc1ccc(OC(C)(C)C(=O)N2CCC[C@@H]([C@@H]3C[C@H](C(F)F)n4nc(C)cc4N3)C2)cc1. The standard InChI is InChI=1S/C24H32F2N4O2/c1-15-7-9-18(10-8-15)32-24(3,4)23(31)29-11-5-6-17(14-29)19-13-20(22(25)26)30-21(27-19)12-16(2)28-30/h7-10,12,17,19-20,22,27H,5-6,11,13-14H2,1-4H3/t17-,19+,20-/m1/s1. The summed E-state index contributed by atoms with van der Waals surface area (Å²) in [5.41, 5.74) is 0.825. The first-order valence-corrected chi connectivity index (χ1v) is 11.3. The van der Waals surface area contributed by atoms with Gasteiger partial charge in [0.1, 0.15) is 17.6 Å². The van der Waals surface area contributed by atoms with Crippen molar-refractivity contribution >= 4 is 11.7 Å². The fourth-order valence-electron chi connectivity index (χ4n) is 4.85. The average Bonchev–Trinajstić information content (AvgIpc) is 3.14. The maximum absolute atomic E-state index is 13.8. The number of carbonyl (C=O) groups excluding carboxylic acids is 1. The number of aromatic nitrogens is 2. The number of halogens is 2. The number of anilines is 1. The van der Waals surface area contributed by atoms with Gasteiger partial charge in [-0.1, -0.05) is 17.7 Å². The Balaban J connectivity index is 1.46. The fraction of sp³-hybridized carbons (Fsp3) is 0.583. The normalized spacial score (nSPS) is 23.6. The largest absolute Gasteiger partial charge is 0.478 e. The van der Waals surface area contributed by atoms with Crippen molar-refractivity contribution in [2.75, 3.05) is 18.4 Å². The van der Waals surface area contributed by atoms with Crippen molar-refractivity contribution in [3.63, 3.8) is 0 Å². The van der Waals surface area contributed by atoms with Gasteiger partial charge in [-0.05, 0) is 65.0 Å². The molecule has 8 heteroatoms. The zero-order chi connectivity index (χ0) is 23.0. The van der Waals surface area contributed by atoms with Crippen LogP contribution < -0.4 is 10.1 Å². The lowest BCUT2D eigenvalue weighted by Gasteiger charge is -2.42. The molecule has 1 fully saturated rings. The lowest BCUT2D eigenvalue weighted by molar-refractivity contribution is -0.147. The predicted octanol–water partition coefficient (Wildman–Crippen LogP) is 4.59. The fourth-order valence-corrected chi connectivity index (χ4v) is 4.85. The number of benzene rings is 1. The first kappa shape index (κ1) is 22.6. The van der Waals surface area contributed by atoms with Gasteiger partial charge in [0.2, 0.25) is 0 Å². The third kappa shape index (κ3) is 4.59. The van der Waals surface area contributed by atoms with E-state index in [1.165, 1.54) is 4.68 Å². The molecule has 0 saturated carbocycles. The summed E-state index contributed by atoms with van der Waals surface area (Å²) in [4.78, 5) is 15.2. The van der Waals surface area contributed by atoms with Gasteiger partial charge >= 0.3 is 0 Å². The minimum Gasteiger partial charge on any atom is -0.478 e. The van der Waals surface area contributed by atoms with Crippen LogP contribution in [0.3, 0.4) is 0 Å². The molecule has 32 heavy (non-hydrogen) atoms. The van der Waals surface area contributed by atoms with E-state index in [4.69, 9.17) is 4.74 Å². The molecule has 1 N–H and O–H groups in total. The van der Waals surface area contributed by atoms with Gasteiger partial charge in [-0.3, -0.25) is 4.79 Å². The Morgan fingerprint density at radius 1 is 1.25 bits per heavy atom. The molecule has 1 aromatic carbocycles. The highest BCUT2D eigenvalue weighted by Gasteiger charge is 2.41. The lowest BCUT2D eigenvalue weighted by atomic mass is 9.85. The second-order valence-corrected chi connectivity index (χ2v) is 9.58. The number of amides is 1. The molecule has 0 spiro atoms. The van der Waals surface area contributed by atoms with Gasteiger partial charge in [0, 0.05) is 25.2 Å². The monoisotopic (exact) mass is 446 g/mol. The molecule has 0 bridgehead atoms. The van der Waals surface area contributed by atoms with Crippen LogP contribution in [0.5, 0.6) is 5.75 Å². The zero-order valence-electron chi connectivity index (χ0n) is 19.1. The van der Waals surface area contributed by atoms with Crippen molar-refractivity contribution in [2.45, 2.75) is 71.1 Å². The van der Waals surface area contributed by atoms with Crippen LogP contribution in [-0.4, -0.2) is 51.7 Å². The Bertz CT molecular complexity index is 957. The van der Waals surface area contributed by atoms with Crippen molar-refractivity contribution in [2.24, 2.45) is 5.92 Å². The summed E-state index contributed by atoms with van der Waals surface area (Å²) in [7, 11) is 0. The number of rotatable bonds is 5. The van der Waals surface area contributed by atoms with Crippen molar-refractivity contribution in [3.05, 3.63) is 41.6 Å². The van der Waals surface area contributed by atoms with Crippen LogP contribution in [-0.2, 0) is 4.79 Å². The number of piperidine rings is 1. The molecule has 0 unspecified atom stereocenters. The first-order valence-electron chi connectivity index (χ1n) is 11.3. The third-order valence-electron chi connectivity index (χ3n) is 6.51. The summed E-state index contributed by atoms with van der Waals surface area (Å²) < 4.78 is 35.0. The van der Waals surface area contributed by atoms with Gasteiger partial charge in [-0.2, -0.15) is 5.10 Å². The number of carbonyl (C=O) groups is 1. The van der Waals surface area contributed by atoms with Crippen molar-refractivity contribution in [1.29, 1.82) is 0 Å². The smallest absolute Gasteiger partial charge is 0.266 e. The van der Waals surface area contributed by atoms with E-state index in [9.17, 15) is 13.6 Å². The van der Waals surface area contributed by atoms with Gasteiger partial charge in [-0.15, -0.1) is 0 Å². The average molecular weight is 447 g/mol. The summed E-state index contributed by atoms with van der Waals surface area (Å²) in [5.74, 6) is 1.30. The number of nitrogens with zero attached hydrogens (tertiary/aromatic N) is 3. The zero-order valence-corrected chi connectivity index (χ0v) is 19.1. The van der Waals surface area contributed by atoms with E-state index in [1.54, 1.807) is 13.8 Å². The molecule has 3 atom stereocenters. The van der Waals surface area contributed by atoms with E-state index in [2.05, 4.69) is 10.4 Å². The molecular weight excluding hydrogens is 414 g/mol. The van der Waals surface area contributed by atoms with Gasteiger partial charge in [0.15, 0.2) is 5.60 Å². The minimum atomic E-state index is -2.49. The van der Waals surface area contributed by atoms with Crippen LogP contribution in [0.25, 0.3) is 0 Å². The molecular formula is C24H32F2N4O2. The van der Waals surface area contributed by atoms with Crippen LogP contribution in [0.1, 0.15) is 50.4 Å². The third-order valence-corrected chi connectivity index (χ3v) is 6.51. The highest BCUT2D eigenvalue weighted by molar-refractivity contribution is 5.85. The van der Waals surface area contributed by atoms with E-state index in [0.29, 0.717) is 36.8 Å². The summed E-state index contributed by atoms with van der Waals surface area (Å²) in [6, 6.07) is 8.37. The Morgan fingerprint density at radius 3 is 2.66 bits per heavy atom. The topological polar surface area (TPSA) is 59.4 Å². The highest BCUT2D eigenvalue weighted by Crippen LogP contribution is 2.37. The van der Waals surface area contributed by atoms with Crippen LogP contribution in [0.4, 0.5) is 14.6 Å². The number of alkyl halides is 2. The van der Waals surface area contributed by atoms with Crippen molar-refractivity contribution in [3.8, 4) is 5.75 Å². The summed E-state index contributed by atoms with van der Waals surface area (Å²) in [6.45, 7) is 8.55. The molecule has 1 saturated heterocycles. The number of hydrogen-bond acceptors (Lipinski definition) is 4. The second-order valence-electron chi connectivity index (χ2n) is 9.58. The number of aryl methyl sites for hydroxylation is 2. The lowest BCUT2D eigenvalue weighted by Crippen LogP contribution is -2.54. The molecule has 2 aliphatic rings. The van der Waals surface area contributed by atoms with Crippen LogP contribution in [0, 0.1) is 19.8 Å². The summed E-state index contributed by atoms with van der Waals surface area (Å²) in [5, 5.41) is 7.66. The Kier molecular flexibility index (Phi) is 6.14. The Labute approximate surface area is 187 Å². The number of nitrogens with one attached hydrogen (secondary N) is 1. The maximum atomic E-state index is 13.8. The Morgan fingerprint density at radius 2 is 1.97 bits per heavy atom. The van der Waals surface area contributed by atoms with Gasteiger partial charge < -0.3 is 15.0 Å². The van der Waals surface area contributed by atoms with Gasteiger partial charge in [0.25, 0.3) is 12.3 Å². The number of hydrogen-bond donors (Lipinski definition) is 1. The molecule has 4 rings (SSSR count). The molecule has 1 aromatic heterocycles. The molecule has 0 radical (unpaired) electrons. The number of fused-ring (bicyclic) bond motifs is 1. The van der Waals surface area contributed by atoms with E-state index < -0.39 is 18.1 Å². The van der Waals surface area contributed by atoms with Gasteiger partial charge in [-0.25, -0.2) is 13.5 Å². The van der Waals surface area contributed by atoms with Crippen molar-refractivity contribution in [1.82, 2.24) is 14.7 Å². The molecule has 2 aliphatic heterocycles. The quantitative estimate of drug-likeness (QED) is 0.730. The van der Waals surface area contributed by atoms with E-state index in [1.807, 2.05) is 49.1 Å². The van der Waals surface area contributed by atoms with Crippen LogP contribution in [0.2, 0.25) is 0 Å². The summed E-state index contributed by atoms with van der Waals surface area (Å²) in [6.07, 6.45) is -0.459. The first-order chi connectivity index (χ1) is 15.1. The number of ether oxygens (including phenoxy) is 1. The molecule has 6 nitrogen and oxygen atoms in total. The minimum absolute atomic E-state index is 0.0788. The molecule has 174 valence electrons. The Hall–Kier alpha value is -2.64. The second kappa shape index (κ2) is 8.71. The molecule has 0 aliphatic carbocycles. The molecule has 1 amide bonds.